The molecule has 1 rings (SSSR count). The van der Waals surface area contributed by atoms with Crippen LogP contribution >= 0.6 is 11.6 Å². The second kappa shape index (κ2) is 6.27. The number of piperidine rings is 1. The van der Waals surface area contributed by atoms with Crippen LogP contribution in [-0.4, -0.2) is 42.4 Å². The lowest BCUT2D eigenvalue weighted by Gasteiger charge is -2.37. The first-order valence-corrected chi connectivity index (χ1v) is 6.79. The molecule has 1 aliphatic rings. The number of alkyl halides is 1. The second-order valence-corrected chi connectivity index (χ2v) is 5.79. The third-order valence-corrected chi connectivity index (χ3v) is 3.95. The minimum absolute atomic E-state index is 0.0845. The summed E-state index contributed by atoms with van der Waals surface area (Å²) in [4.78, 5) is 24.8. The normalized spacial score (nSPS) is 20.6. The number of nitrogens with two attached hydrogens (primary N) is 1. The maximum absolute atomic E-state index is 12.3. The van der Waals surface area contributed by atoms with Crippen LogP contribution in [0.4, 0.5) is 4.79 Å². The Morgan fingerprint density at radius 3 is 2.72 bits per heavy atom. The van der Waals surface area contributed by atoms with Gasteiger partial charge in [0.05, 0.1) is 5.41 Å². The van der Waals surface area contributed by atoms with Crippen molar-refractivity contribution in [3.05, 3.63) is 0 Å². The molecule has 3 amide bonds. The zero-order valence-electron chi connectivity index (χ0n) is 11.0. The summed E-state index contributed by atoms with van der Waals surface area (Å²) in [5, 5.41) is 2.60. The molecule has 0 saturated carbocycles. The van der Waals surface area contributed by atoms with Crippen LogP contribution in [0.3, 0.4) is 0 Å². The average Bonchev–Trinajstić information content (AvgIpc) is 2.35. The van der Waals surface area contributed by atoms with Gasteiger partial charge in [0.25, 0.3) is 0 Å². The molecule has 0 aromatic heterocycles. The second-order valence-electron chi connectivity index (χ2n) is 5.52. The number of nitrogens with zero attached hydrogens (tertiary/aromatic N) is 1. The van der Waals surface area contributed by atoms with Crippen molar-refractivity contribution in [1.82, 2.24) is 10.2 Å². The van der Waals surface area contributed by atoms with E-state index >= 15 is 0 Å². The Balaban J connectivity index is 2.53. The first-order valence-electron chi connectivity index (χ1n) is 6.25. The van der Waals surface area contributed by atoms with Gasteiger partial charge in [-0.2, -0.15) is 0 Å². The highest BCUT2D eigenvalue weighted by atomic mass is 35.5. The van der Waals surface area contributed by atoms with Crippen molar-refractivity contribution in [3.63, 3.8) is 0 Å². The largest absolute Gasteiger partial charge is 0.352 e. The zero-order valence-corrected chi connectivity index (χ0v) is 11.8. The molecule has 0 aliphatic carbocycles. The number of carbonyl (C=O) groups is 2. The molecule has 1 heterocycles. The maximum atomic E-state index is 12.3. The molecule has 1 fully saturated rings. The van der Waals surface area contributed by atoms with E-state index in [2.05, 4.69) is 5.32 Å². The summed E-state index contributed by atoms with van der Waals surface area (Å²) >= 11 is 5.83. The first kappa shape index (κ1) is 15.1. The number of primary amides is 1. The number of urea groups is 1. The van der Waals surface area contributed by atoms with Gasteiger partial charge in [-0.1, -0.05) is 0 Å². The van der Waals surface area contributed by atoms with Crippen LogP contribution in [0.2, 0.25) is 0 Å². The fourth-order valence-corrected chi connectivity index (χ4v) is 2.26. The highest BCUT2D eigenvalue weighted by molar-refractivity contribution is 6.19. The van der Waals surface area contributed by atoms with Crippen molar-refractivity contribution >= 4 is 23.5 Å². The molecule has 1 saturated heterocycles. The summed E-state index contributed by atoms with van der Waals surface area (Å²) in [5.74, 6) is 0.676. The van der Waals surface area contributed by atoms with E-state index in [1.807, 2.05) is 18.7 Å². The minimum Gasteiger partial charge on any atom is -0.352 e. The fourth-order valence-electron chi connectivity index (χ4n) is 2.15. The van der Waals surface area contributed by atoms with E-state index in [9.17, 15) is 9.59 Å². The Morgan fingerprint density at radius 2 is 2.17 bits per heavy atom. The molecule has 1 atom stereocenters. The van der Waals surface area contributed by atoms with Gasteiger partial charge in [-0.25, -0.2) is 4.79 Å². The standard InChI is InChI=1S/C12H22ClN3O2/c1-12(2,8-13)10(17)16-5-3-4-9(7-16)6-15-11(14)18/h9H,3-8H2,1-2H3,(H3,14,15,18). The minimum atomic E-state index is -0.527. The summed E-state index contributed by atoms with van der Waals surface area (Å²) in [7, 11) is 0. The Kier molecular flexibility index (Phi) is 5.26. The SMILES string of the molecule is CC(C)(CCl)C(=O)N1CCCC(CNC(N)=O)C1. The van der Waals surface area contributed by atoms with Gasteiger partial charge < -0.3 is 16.0 Å². The van der Waals surface area contributed by atoms with Crippen molar-refractivity contribution in [2.75, 3.05) is 25.5 Å². The first-order chi connectivity index (χ1) is 8.36. The molecule has 0 radical (unpaired) electrons. The van der Waals surface area contributed by atoms with Crippen LogP contribution in [0.5, 0.6) is 0 Å². The third kappa shape index (κ3) is 4.05. The highest BCUT2D eigenvalue weighted by Crippen LogP contribution is 2.24. The van der Waals surface area contributed by atoms with Gasteiger partial charge in [-0.05, 0) is 32.6 Å². The Labute approximate surface area is 113 Å². The highest BCUT2D eigenvalue weighted by Gasteiger charge is 2.33. The molecule has 0 bridgehead atoms. The predicted octanol–water partition coefficient (Wildman–Crippen LogP) is 1.16. The Bertz CT molecular complexity index is 320. The molecule has 6 heteroatoms. The quantitative estimate of drug-likeness (QED) is 0.756. The lowest BCUT2D eigenvalue weighted by molar-refractivity contribution is -0.141. The van der Waals surface area contributed by atoms with E-state index in [1.54, 1.807) is 0 Å². The van der Waals surface area contributed by atoms with Crippen molar-refractivity contribution in [2.24, 2.45) is 17.1 Å². The van der Waals surface area contributed by atoms with Gasteiger partial charge in [-0.3, -0.25) is 4.79 Å². The van der Waals surface area contributed by atoms with E-state index in [-0.39, 0.29) is 11.8 Å². The van der Waals surface area contributed by atoms with Crippen LogP contribution < -0.4 is 11.1 Å². The molecule has 0 spiro atoms. The molecule has 0 aromatic carbocycles. The van der Waals surface area contributed by atoms with Crippen LogP contribution in [0.1, 0.15) is 26.7 Å². The van der Waals surface area contributed by atoms with Crippen molar-refractivity contribution in [3.8, 4) is 0 Å². The molecule has 5 nitrogen and oxygen atoms in total. The fraction of sp³-hybridized carbons (Fsp3) is 0.833. The van der Waals surface area contributed by atoms with E-state index in [1.165, 1.54) is 0 Å². The number of rotatable bonds is 4. The third-order valence-electron chi connectivity index (χ3n) is 3.28. The summed E-state index contributed by atoms with van der Waals surface area (Å²) in [6.45, 7) is 5.67. The molecule has 1 unspecified atom stereocenters. The van der Waals surface area contributed by atoms with Crippen LogP contribution in [0.25, 0.3) is 0 Å². The molecular weight excluding hydrogens is 254 g/mol. The summed E-state index contributed by atoms with van der Waals surface area (Å²) in [5.41, 5.74) is 4.52. The number of halogens is 1. The summed E-state index contributed by atoms with van der Waals surface area (Å²) in [6.07, 6.45) is 1.96. The monoisotopic (exact) mass is 275 g/mol. The van der Waals surface area contributed by atoms with Crippen molar-refractivity contribution in [2.45, 2.75) is 26.7 Å². The lowest BCUT2D eigenvalue weighted by Crippen LogP contribution is -2.49. The molecular formula is C12H22ClN3O2. The zero-order chi connectivity index (χ0) is 13.8. The number of hydrogen-bond acceptors (Lipinski definition) is 2. The molecule has 3 N–H and O–H groups in total. The van der Waals surface area contributed by atoms with E-state index in [0.717, 1.165) is 19.4 Å². The molecule has 104 valence electrons. The van der Waals surface area contributed by atoms with Crippen molar-refractivity contribution in [1.29, 1.82) is 0 Å². The number of carbonyl (C=O) groups excluding carboxylic acids is 2. The number of nitrogens with one attached hydrogen (secondary N) is 1. The average molecular weight is 276 g/mol. The topological polar surface area (TPSA) is 75.4 Å². The number of likely N-dealkylation sites (tertiary alicyclic amines) is 1. The van der Waals surface area contributed by atoms with Gasteiger partial charge in [-0.15, -0.1) is 11.6 Å². The Hall–Kier alpha value is -0.970. The van der Waals surface area contributed by atoms with Gasteiger partial charge in [0.2, 0.25) is 5.91 Å². The van der Waals surface area contributed by atoms with E-state index < -0.39 is 11.4 Å². The van der Waals surface area contributed by atoms with Gasteiger partial charge in [0.1, 0.15) is 0 Å². The van der Waals surface area contributed by atoms with Crippen molar-refractivity contribution < 1.29 is 9.59 Å². The maximum Gasteiger partial charge on any atom is 0.312 e. The number of amides is 3. The molecule has 1 aliphatic heterocycles. The molecule has 18 heavy (non-hydrogen) atoms. The summed E-state index contributed by atoms with van der Waals surface area (Å²) < 4.78 is 0. The van der Waals surface area contributed by atoms with Gasteiger partial charge in [0, 0.05) is 25.5 Å². The molecule has 0 aromatic rings. The van der Waals surface area contributed by atoms with Crippen LogP contribution in [0, 0.1) is 11.3 Å². The Morgan fingerprint density at radius 1 is 1.50 bits per heavy atom. The lowest BCUT2D eigenvalue weighted by atomic mass is 9.91. The predicted molar refractivity (Wildman–Crippen MR) is 71.4 cm³/mol. The summed E-state index contributed by atoms with van der Waals surface area (Å²) in [6, 6.07) is -0.514. The van der Waals surface area contributed by atoms with Crippen LogP contribution in [0.15, 0.2) is 0 Å². The van der Waals surface area contributed by atoms with E-state index in [4.69, 9.17) is 17.3 Å². The van der Waals surface area contributed by atoms with Gasteiger partial charge in [0.15, 0.2) is 0 Å². The van der Waals surface area contributed by atoms with Crippen LogP contribution in [-0.2, 0) is 4.79 Å². The van der Waals surface area contributed by atoms with Gasteiger partial charge >= 0.3 is 6.03 Å². The smallest absolute Gasteiger partial charge is 0.312 e. The van der Waals surface area contributed by atoms with E-state index in [0.29, 0.717) is 19.0 Å². The number of hydrogen-bond donors (Lipinski definition) is 2.